The molecule has 0 fully saturated rings. The van der Waals surface area contributed by atoms with Gasteiger partial charge in [-0.3, -0.25) is 4.79 Å². The van der Waals surface area contributed by atoms with E-state index in [1.807, 2.05) is 30.3 Å². The highest BCUT2D eigenvalue weighted by molar-refractivity contribution is 6.06. The van der Waals surface area contributed by atoms with Crippen molar-refractivity contribution >= 4 is 23.3 Å². The number of carbonyl (C=O) groups excluding carboxylic acids is 2. The first-order valence-electron chi connectivity index (χ1n) is 10.3. The Labute approximate surface area is 179 Å². The van der Waals surface area contributed by atoms with E-state index in [0.29, 0.717) is 31.0 Å². The van der Waals surface area contributed by atoms with Crippen LogP contribution in [0.15, 0.2) is 54.6 Å². The number of benzene rings is 2. The van der Waals surface area contributed by atoms with Crippen LogP contribution in [0.2, 0.25) is 0 Å². The van der Waals surface area contributed by atoms with Gasteiger partial charge in [0.2, 0.25) is 0 Å². The van der Waals surface area contributed by atoms with Crippen LogP contribution in [0, 0.1) is 0 Å². The van der Waals surface area contributed by atoms with Crippen LogP contribution >= 0.6 is 0 Å². The molecule has 2 aromatic rings. The molecule has 0 aromatic heterocycles. The molecule has 0 spiro atoms. The van der Waals surface area contributed by atoms with Gasteiger partial charge in [0.1, 0.15) is 0 Å². The summed E-state index contributed by atoms with van der Waals surface area (Å²) in [6, 6.07) is 16.0. The summed E-state index contributed by atoms with van der Waals surface area (Å²) >= 11 is 0. The van der Waals surface area contributed by atoms with Crippen LogP contribution in [0.1, 0.15) is 24.2 Å². The Kier molecular flexibility index (Phi) is 9.83. The average molecular weight is 413 g/mol. The topological polar surface area (TPSA) is 73.9 Å². The van der Waals surface area contributed by atoms with E-state index in [1.54, 1.807) is 36.2 Å². The SMILES string of the molecule is CCN(CC)CCOCCNC(=O)Nc1cccc(C(=O)N(C)c2ccccc2)c1. The molecule has 2 N–H and O–H groups in total. The minimum absolute atomic E-state index is 0.146. The highest BCUT2D eigenvalue weighted by atomic mass is 16.5. The number of nitrogens with zero attached hydrogens (tertiary/aromatic N) is 2. The fraction of sp³-hybridized carbons (Fsp3) is 0.391. The van der Waals surface area contributed by atoms with Gasteiger partial charge in [-0.1, -0.05) is 38.1 Å². The van der Waals surface area contributed by atoms with Crippen molar-refractivity contribution in [1.82, 2.24) is 10.2 Å². The Bertz CT molecular complexity index is 794. The van der Waals surface area contributed by atoms with Gasteiger partial charge < -0.3 is 25.2 Å². The van der Waals surface area contributed by atoms with E-state index < -0.39 is 0 Å². The van der Waals surface area contributed by atoms with Gasteiger partial charge in [-0.2, -0.15) is 0 Å². The number of para-hydroxylation sites is 1. The monoisotopic (exact) mass is 412 g/mol. The molecule has 0 radical (unpaired) electrons. The minimum atomic E-state index is -0.330. The fourth-order valence-electron chi connectivity index (χ4n) is 2.94. The third-order valence-electron chi connectivity index (χ3n) is 4.79. The number of carbonyl (C=O) groups is 2. The van der Waals surface area contributed by atoms with Crippen LogP contribution in [0.4, 0.5) is 16.2 Å². The van der Waals surface area contributed by atoms with Crippen molar-refractivity contribution in [1.29, 1.82) is 0 Å². The van der Waals surface area contributed by atoms with Gasteiger partial charge in [-0.15, -0.1) is 0 Å². The summed E-state index contributed by atoms with van der Waals surface area (Å²) in [5.74, 6) is -0.146. The van der Waals surface area contributed by atoms with Crippen molar-refractivity contribution in [2.24, 2.45) is 0 Å². The number of hydrogen-bond acceptors (Lipinski definition) is 4. The Balaban J connectivity index is 1.78. The normalized spacial score (nSPS) is 10.7. The third kappa shape index (κ3) is 7.50. The minimum Gasteiger partial charge on any atom is -0.378 e. The first-order chi connectivity index (χ1) is 14.5. The predicted molar refractivity (Wildman–Crippen MR) is 121 cm³/mol. The number of rotatable bonds is 11. The highest BCUT2D eigenvalue weighted by Crippen LogP contribution is 2.17. The Morgan fingerprint density at radius 3 is 2.40 bits per heavy atom. The van der Waals surface area contributed by atoms with Crippen LogP contribution in [0.3, 0.4) is 0 Å². The molecule has 7 heteroatoms. The summed E-state index contributed by atoms with van der Waals surface area (Å²) in [7, 11) is 1.73. The molecule has 0 aliphatic carbocycles. The van der Waals surface area contributed by atoms with E-state index in [4.69, 9.17) is 4.74 Å². The molecule has 162 valence electrons. The third-order valence-corrected chi connectivity index (χ3v) is 4.79. The van der Waals surface area contributed by atoms with Crippen LogP contribution in [-0.4, -0.2) is 63.3 Å². The quantitative estimate of drug-likeness (QED) is 0.555. The van der Waals surface area contributed by atoms with Gasteiger partial charge >= 0.3 is 6.03 Å². The number of amides is 3. The van der Waals surface area contributed by atoms with Gasteiger partial charge in [0.05, 0.1) is 13.2 Å². The first-order valence-corrected chi connectivity index (χ1v) is 10.3. The van der Waals surface area contributed by atoms with Crippen molar-refractivity contribution < 1.29 is 14.3 Å². The van der Waals surface area contributed by atoms with Crippen molar-refractivity contribution in [3.8, 4) is 0 Å². The molecule has 0 heterocycles. The largest absolute Gasteiger partial charge is 0.378 e. The summed E-state index contributed by atoms with van der Waals surface area (Å²) in [4.78, 5) is 28.7. The van der Waals surface area contributed by atoms with E-state index in [0.717, 1.165) is 25.3 Å². The Hall–Kier alpha value is -2.90. The molecule has 0 atom stereocenters. The molecule has 3 amide bonds. The zero-order valence-corrected chi connectivity index (χ0v) is 18.1. The van der Waals surface area contributed by atoms with Crippen LogP contribution < -0.4 is 15.5 Å². The zero-order valence-electron chi connectivity index (χ0n) is 18.1. The number of anilines is 2. The van der Waals surface area contributed by atoms with E-state index in [1.165, 1.54) is 0 Å². The molecule has 0 aliphatic heterocycles. The number of hydrogen-bond donors (Lipinski definition) is 2. The Morgan fingerprint density at radius 1 is 0.967 bits per heavy atom. The van der Waals surface area contributed by atoms with Crippen LogP contribution in [-0.2, 0) is 4.74 Å². The lowest BCUT2D eigenvalue weighted by Gasteiger charge is -2.18. The van der Waals surface area contributed by atoms with Gasteiger partial charge in [0.25, 0.3) is 5.91 Å². The summed E-state index contributed by atoms with van der Waals surface area (Å²) in [6.45, 7) is 8.65. The number of nitrogens with one attached hydrogen (secondary N) is 2. The zero-order chi connectivity index (χ0) is 21.8. The molecule has 0 bridgehead atoms. The first kappa shape index (κ1) is 23.4. The van der Waals surface area contributed by atoms with E-state index >= 15 is 0 Å². The smallest absolute Gasteiger partial charge is 0.319 e. The molecule has 7 nitrogen and oxygen atoms in total. The lowest BCUT2D eigenvalue weighted by atomic mass is 10.1. The van der Waals surface area contributed by atoms with Crippen LogP contribution in [0.5, 0.6) is 0 Å². The summed E-state index contributed by atoms with van der Waals surface area (Å²) in [5.41, 5.74) is 1.86. The molecular formula is C23H32N4O3. The molecule has 0 saturated carbocycles. The molecule has 0 unspecified atom stereocenters. The number of likely N-dealkylation sites (N-methyl/N-ethyl adjacent to an activating group) is 1. The van der Waals surface area contributed by atoms with Gasteiger partial charge in [0, 0.05) is 37.1 Å². The number of ether oxygens (including phenoxy) is 1. The average Bonchev–Trinajstić information content (AvgIpc) is 2.78. The van der Waals surface area contributed by atoms with Crippen molar-refractivity contribution in [3.63, 3.8) is 0 Å². The maximum Gasteiger partial charge on any atom is 0.319 e. The van der Waals surface area contributed by atoms with Gasteiger partial charge in [0.15, 0.2) is 0 Å². The van der Waals surface area contributed by atoms with Gasteiger partial charge in [-0.25, -0.2) is 4.79 Å². The van der Waals surface area contributed by atoms with E-state index in [2.05, 4.69) is 29.4 Å². The lowest BCUT2D eigenvalue weighted by Crippen LogP contribution is -2.33. The predicted octanol–water partition coefficient (Wildman–Crippen LogP) is 3.44. The summed E-state index contributed by atoms with van der Waals surface area (Å²) in [6.07, 6.45) is 0. The standard InChI is InChI=1S/C23H32N4O3/c1-4-27(5-2)15-17-30-16-14-24-23(29)25-20-11-9-10-19(18-20)22(28)26(3)21-12-7-6-8-13-21/h6-13,18H,4-5,14-17H2,1-3H3,(H2,24,25,29). The van der Waals surface area contributed by atoms with Crippen molar-refractivity contribution in [3.05, 3.63) is 60.2 Å². The summed E-state index contributed by atoms with van der Waals surface area (Å²) < 4.78 is 5.55. The van der Waals surface area contributed by atoms with E-state index in [-0.39, 0.29) is 11.9 Å². The molecule has 30 heavy (non-hydrogen) atoms. The maximum atomic E-state index is 12.7. The van der Waals surface area contributed by atoms with Crippen LogP contribution in [0.25, 0.3) is 0 Å². The molecule has 2 aromatic carbocycles. The van der Waals surface area contributed by atoms with Gasteiger partial charge in [-0.05, 0) is 43.4 Å². The fourth-order valence-corrected chi connectivity index (χ4v) is 2.94. The molecule has 0 aliphatic rings. The van der Waals surface area contributed by atoms with Crippen molar-refractivity contribution in [2.75, 3.05) is 56.7 Å². The number of urea groups is 1. The second-order valence-corrected chi connectivity index (χ2v) is 6.80. The second kappa shape index (κ2) is 12.6. The Morgan fingerprint density at radius 2 is 1.70 bits per heavy atom. The van der Waals surface area contributed by atoms with Crippen molar-refractivity contribution in [2.45, 2.75) is 13.8 Å². The maximum absolute atomic E-state index is 12.7. The molecule has 0 saturated heterocycles. The molecule has 2 rings (SSSR count). The lowest BCUT2D eigenvalue weighted by molar-refractivity contribution is 0.0993. The summed E-state index contributed by atoms with van der Waals surface area (Å²) in [5, 5.41) is 5.52. The van der Waals surface area contributed by atoms with E-state index in [9.17, 15) is 9.59 Å². The second-order valence-electron chi connectivity index (χ2n) is 6.80. The molecular weight excluding hydrogens is 380 g/mol. The highest BCUT2D eigenvalue weighted by Gasteiger charge is 2.14.